The lowest BCUT2D eigenvalue weighted by Crippen LogP contribution is -2.50. The van der Waals surface area contributed by atoms with Crippen molar-refractivity contribution in [2.45, 2.75) is 45.2 Å². The molecule has 26 heavy (non-hydrogen) atoms. The van der Waals surface area contributed by atoms with Gasteiger partial charge in [0.25, 0.3) is 0 Å². The Morgan fingerprint density at radius 1 is 1.23 bits per heavy atom. The third-order valence-corrected chi connectivity index (χ3v) is 6.21. The normalized spacial score (nSPS) is 37.3. The number of benzene rings is 1. The van der Waals surface area contributed by atoms with Gasteiger partial charge in [0.05, 0.1) is 30.7 Å². The number of Topliss-reactive ketones (excluding diaryl/α,β-unsaturated/α-hetero) is 2. The summed E-state index contributed by atoms with van der Waals surface area (Å²) in [6.45, 7) is 6.22. The summed E-state index contributed by atoms with van der Waals surface area (Å²) in [5, 5.41) is 0. The van der Waals surface area contributed by atoms with Crippen molar-refractivity contribution < 1.29 is 19.1 Å². The molecule has 3 saturated heterocycles. The fourth-order valence-corrected chi connectivity index (χ4v) is 5.06. The maximum Gasteiger partial charge on any atom is 0.218 e. The van der Waals surface area contributed by atoms with E-state index in [0.717, 1.165) is 11.1 Å². The van der Waals surface area contributed by atoms with Gasteiger partial charge < -0.3 is 14.4 Å². The summed E-state index contributed by atoms with van der Waals surface area (Å²) in [5.41, 5.74) is 1.74. The van der Waals surface area contributed by atoms with E-state index in [4.69, 9.17) is 9.47 Å². The molecule has 1 aromatic rings. The maximum absolute atomic E-state index is 13.4. The van der Waals surface area contributed by atoms with E-state index in [1.807, 2.05) is 45.2 Å². The molecular formula is C21H23NO4. The van der Waals surface area contributed by atoms with Crippen LogP contribution in [0.4, 0.5) is 0 Å². The second-order valence-electron chi connectivity index (χ2n) is 8.74. The lowest BCUT2D eigenvalue weighted by atomic mass is 9.73. The third-order valence-electron chi connectivity index (χ3n) is 6.21. The number of carbonyl (C=O) groups is 2. The van der Waals surface area contributed by atoms with Gasteiger partial charge in [0.15, 0.2) is 11.6 Å². The topological polar surface area (TPSA) is 55.8 Å². The molecule has 4 aliphatic heterocycles. The Balaban J connectivity index is 1.68. The number of ketones is 2. The fraction of sp³-hybridized carbons (Fsp3) is 0.524. The van der Waals surface area contributed by atoms with Crippen LogP contribution in [-0.4, -0.2) is 41.5 Å². The quantitative estimate of drug-likeness (QED) is 0.777. The highest BCUT2D eigenvalue weighted by molar-refractivity contribution is 5.94. The Labute approximate surface area is 153 Å². The van der Waals surface area contributed by atoms with Crippen molar-refractivity contribution in [1.29, 1.82) is 0 Å². The first-order valence-corrected chi connectivity index (χ1v) is 9.27. The maximum atomic E-state index is 13.4. The molecule has 6 atom stereocenters. The highest BCUT2D eigenvalue weighted by Crippen LogP contribution is 2.55. The molecule has 0 aromatic heterocycles. The van der Waals surface area contributed by atoms with E-state index in [2.05, 4.69) is 17.0 Å². The molecule has 5 nitrogen and oxygen atoms in total. The zero-order valence-corrected chi connectivity index (χ0v) is 15.2. The van der Waals surface area contributed by atoms with Gasteiger partial charge in [-0.15, -0.1) is 0 Å². The van der Waals surface area contributed by atoms with Crippen LogP contribution in [0.15, 0.2) is 30.5 Å². The van der Waals surface area contributed by atoms with Crippen LogP contribution in [0, 0.1) is 17.3 Å². The summed E-state index contributed by atoms with van der Waals surface area (Å²) in [6, 6.07) is 7.64. The number of rotatable bonds is 1. The van der Waals surface area contributed by atoms with Gasteiger partial charge >= 0.3 is 0 Å². The van der Waals surface area contributed by atoms with Crippen LogP contribution in [0.25, 0.3) is 6.08 Å². The molecule has 0 N–H and O–H groups in total. The molecule has 0 saturated carbocycles. The van der Waals surface area contributed by atoms with Crippen molar-refractivity contribution in [3.63, 3.8) is 0 Å². The summed E-state index contributed by atoms with van der Waals surface area (Å²) >= 11 is 0. The van der Waals surface area contributed by atoms with Gasteiger partial charge in [0, 0.05) is 17.5 Å². The van der Waals surface area contributed by atoms with Crippen molar-refractivity contribution in [1.82, 2.24) is 4.90 Å². The van der Waals surface area contributed by atoms with Crippen LogP contribution in [0.3, 0.4) is 0 Å². The monoisotopic (exact) mass is 353 g/mol. The molecule has 0 unspecified atom stereocenters. The fourth-order valence-electron chi connectivity index (χ4n) is 5.06. The third kappa shape index (κ3) is 2.04. The molecule has 4 heterocycles. The number of ether oxygens (including phenoxy) is 2. The molecule has 1 aromatic carbocycles. The van der Waals surface area contributed by atoms with Crippen LogP contribution in [0.5, 0.6) is 0 Å². The first-order chi connectivity index (χ1) is 12.4. The van der Waals surface area contributed by atoms with Gasteiger partial charge in [-0.1, -0.05) is 45.0 Å². The number of carbonyl (C=O) groups excluding carboxylic acids is 2. The summed E-state index contributed by atoms with van der Waals surface area (Å²) in [6.07, 6.45) is 3.07. The molecule has 0 spiro atoms. The van der Waals surface area contributed by atoms with Crippen LogP contribution in [0.2, 0.25) is 0 Å². The van der Waals surface area contributed by atoms with Crippen molar-refractivity contribution in [3.05, 3.63) is 41.6 Å². The van der Waals surface area contributed by atoms with Crippen LogP contribution in [0.1, 0.15) is 37.9 Å². The standard InChI is InChI=1S/C21H23NO4/c1-21(2,3)19(24)17-14-13-10-25-20(26-13)18(23)15(14)16-12-7-5-4-6-11(12)8-9-22(16)17/h4-9,13-17,20H,10H2,1-3H3/t13-,14+,15-,16+,17-,20-/m1/s1. The average Bonchev–Trinajstić information content (AvgIpc) is 3.19. The van der Waals surface area contributed by atoms with E-state index in [9.17, 15) is 9.59 Å². The molecule has 0 aliphatic carbocycles. The van der Waals surface area contributed by atoms with Gasteiger partial charge in [-0.25, -0.2) is 0 Å². The summed E-state index contributed by atoms with van der Waals surface area (Å²) in [7, 11) is 0. The Bertz CT molecular complexity index is 824. The molecule has 4 aliphatic rings. The highest BCUT2D eigenvalue weighted by Gasteiger charge is 2.64. The van der Waals surface area contributed by atoms with Gasteiger partial charge in [-0.3, -0.25) is 9.59 Å². The van der Waals surface area contributed by atoms with E-state index in [1.165, 1.54) is 0 Å². The molecule has 5 rings (SSSR count). The van der Waals surface area contributed by atoms with Crippen molar-refractivity contribution in [2.24, 2.45) is 17.3 Å². The van der Waals surface area contributed by atoms with Crippen molar-refractivity contribution in [3.8, 4) is 0 Å². The predicted octanol–water partition coefficient (Wildman–Crippen LogP) is 2.57. The minimum absolute atomic E-state index is 0.0203. The molecule has 136 valence electrons. The minimum atomic E-state index is -0.773. The largest absolute Gasteiger partial charge is 0.359 e. The zero-order chi connectivity index (χ0) is 18.2. The number of nitrogens with zero attached hydrogens (tertiary/aromatic N) is 1. The van der Waals surface area contributed by atoms with Gasteiger partial charge in [-0.05, 0) is 17.2 Å². The number of fused-ring (bicyclic) bond motifs is 8. The summed E-state index contributed by atoms with van der Waals surface area (Å²) in [5.74, 6) is -0.314. The first-order valence-electron chi connectivity index (χ1n) is 9.27. The molecule has 2 bridgehead atoms. The van der Waals surface area contributed by atoms with Crippen LogP contribution < -0.4 is 0 Å². The number of hydrogen-bond acceptors (Lipinski definition) is 5. The SMILES string of the molecule is CC(C)(C)C(=O)[C@H]1[C@@H]2[C@@H](C(=O)[C@@H]3OC[C@H]2O3)[C@@H]2c3ccccc3C=CN12. The lowest BCUT2D eigenvalue weighted by molar-refractivity contribution is -0.165. The summed E-state index contributed by atoms with van der Waals surface area (Å²) < 4.78 is 11.4. The Hall–Kier alpha value is -1.98. The minimum Gasteiger partial charge on any atom is -0.359 e. The first kappa shape index (κ1) is 16.2. The van der Waals surface area contributed by atoms with Gasteiger partial charge in [0.2, 0.25) is 6.29 Å². The molecule has 0 radical (unpaired) electrons. The van der Waals surface area contributed by atoms with Gasteiger partial charge in [-0.2, -0.15) is 0 Å². The molecule has 5 heteroatoms. The smallest absolute Gasteiger partial charge is 0.218 e. The van der Waals surface area contributed by atoms with E-state index in [-0.39, 0.29) is 41.6 Å². The molecular weight excluding hydrogens is 330 g/mol. The molecule has 3 fully saturated rings. The molecule has 0 amide bonds. The second-order valence-corrected chi connectivity index (χ2v) is 8.74. The van der Waals surface area contributed by atoms with E-state index in [1.54, 1.807) is 0 Å². The van der Waals surface area contributed by atoms with E-state index >= 15 is 0 Å². The Morgan fingerprint density at radius 3 is 2.77 bits per heavy atom. The van der Waals surface area contributed by atoms with Crippen molar-refractivity contribution in [2.75, 3.05) is 6.61 Å². The predicted molar refractivity (Wildman–Crippen MR) is 94.9 cm³/mol. The van der Waals surface area contributed by atoms with Gasteiger partial charge in [0.1, 0.15) is 0 Å². The highest BCUT2D eigenvalue weighted by atomic mass is 16.7. The lowest BCUT2D eigenvalue weighted by Gasteiger charge is -2.36. The summed E-state index contributed by atoms with van der Waals surface area (Å²) in [4.78, 5) is 28.6. The van der Waals surface area contributed by atoms with Crippen molar-refractivity contribution >= 4 is 17.6 Å². The second kappa shape index (κ2) is 5.27. The van der Waals surface area contributed by atoms with Crippen LogP contribution >= 0.6 is 0 Å². The van der Waals surface area contributed by atoms with Crippen LogP contribution in [-0.2, 0) is 19.1 Å². The van der Waals surface area contributed by atoms with E-state index in [0.29, 0.717) is 6.61 Å². The van der Waals surface area contributed by atoms with E-state index < -0.39 is 11.7 Å². The zero-order valence-electron chi connectivity index (χ0n) is 15.2. The average molecular weight is 353 g/mol. The Morgan fingerprint density at radius 2 is 2.00 bits per heavy atom. The number of hydrogen-bond donors (Lipinski definition) is 0. The Kier molecular flexibility index (Phi) is 3.29.